The molecule has 2 fully saturated rings. The minimum atomic E-state index is -3.93. The van der Waals surface area contributed by atoms with E-state index >= 15 is 0 Å². The van der Waals surface area contributed by atoms with Crippen LogP contribution in [0.3, 0.4) is 0 Å². The lowest BCUT2D eigenvalue weighted by molar-refractivity contribution is -0.0736. The van der Waals surface area contributed by atoms with Crippen LogP contribution in [-0.2, 0) is 9.84 Å². The Bertz CT molecular complexity index is 1200. The summed E-state index contributed by atoms with van der Waals surface area (Å²) in [4.78, 5) is 12.3. The Hall–Kier alpha value is -2.14. The van der Waals surface area contributed by atoms with Crippen molar-refractivity contribution in [3.8, 4) is 0 Å². The molecule has 3 N–H and O–H groups in total. The maximum Gasteiger partial charge on any atom is 0.255 e. The summed E-state index contributed by atoms with van der Waals surface area (Å²) in [6.07, 6.45) is 2.16. The number of carbonyl (C=O) groups is 1. The van der Waals surface area contributed by atoms with Gasteiger partial charge in [0.2, 0.25) is 0 Å². The lowest BCUT2D eigenvalue weighted by Crippen LogP contribution is -2.44. The van der Waals surface area contributed by atoms with Crippen molar-refractivity contribution in [1.29, 1.82) is 0 Å². The number of fused-ring (bicyclic) bond motifs is 2. The van der Waals surface area contributed by atoms with Gasteiger partial charge in [-0.2, -0.15) is 0 Å². The molecule has 2 aromatic rings. The fraction of sp³-hybridized carbons (Fsp3) is 0.435. The molecule has 184 valence electrons. The molecule has 0 heterocycles. The number of amides is 1. The zero-order valence-corrected chi connectivity index (χ0v) is 19.5. The standard InChI is InChI=1S/C23H23ClF3NO5S/c24-17-4-3-12(22(30)28-15-6-18(25)21(27)19(26)7-15)5-20(17)34(32,33)10-16-13-1-2-14(16)9-23(31,8-13)11-29/h3-7,13-14,16,29,31H,1-2,8-11H2,(H,28,30)/t13?,14?,16-,23-. The van der Waals surface area contributed by atoms with Crippen LogP contribution in [0.5, 0.6) is 0 Å². The normalized spacial score (nSPS) is 26.5. The average Bonchev–Trinajstić information content (AvgIpc) is 3.00. The Kier molecular flexibility index (Phi) is 6.71. The fourth-order valence-corrected chi connectivity index (χ4v) is 7.64. The number of carbonyl (C=O) groups excluding carboxylic acids is 1. The van der Waals surface area contributed by atoms with Crippen molar-refractivity contribution in [2.24, 2.45) is 17.8 Å². The molecule has 0 aromatic heterocycles. The molecule has 0 radical (unpaired) electrons. The van der Waals surface area contributed by atoms with Crippen LogP contribution < -0.4 is 5.32 Å². The number of aliphatic hydroxyl groups excluding tert-OH is 1. The average molecular weight is 518 g/mol. The number of hydrogen-bond acceptors (Lipinski definition) is 5. The predicted molar refractivity (Wildman–Crippen MR) is 119 cm³/mol. The van der Waals surface area contributed by atoms with Crippen molar-refractivity contribution < 1.29 is 36.6 Å². The second-order valence-corrected chi connectivity index (χ2v) is 11.6. The van der Waals surface area contributed by atoms with Gasteiger partial charge in [-0.1, -0.05) is 11.6 Å². The van der Waals surface area contributed by atoms with Gasteiger partial charge in [-0.15, -0.1) is 0 Å². The van der Waals surface area contributed by atoms with E-state index < -0.39 is 38.8 Å². The molecular formula is C23H23ClF3NO5S. The number of rotatable bonds is 6. The summed E-state index contributed by atoms with van der Waals surface area (Å²) < 4.78 is 66.5. The summed E-state index contributed by atoms with van der Waals surface area (Å²) in [7, 11) is -3.93. The first kappa shape index (κ1) is 25.0. The third kappa shape index (κ3) is 4.82. The maximum atomic E-state index is 13.4. The summed E-state index contributed by atoms with van der Waals surface area (Å²) in [5.41, 5.74) is -1.65. The summed E-state index contributed by atoms with van der Waals surface area (Å²) in [6, 6.07) is 4.82. The van der Waals surface area contributed by atoms with E-state index in [0.29, 0.717) is 25.0 Å². The van der Waals surface area contributed by atoms with E-state index in [1.165, 1.54) is 12.1 Å². The molecule has 1 amide bonds. The molecule has 2 aromatic carbocycles. The molecule has 34 heavy (non-hydrogen) atoms. The summed E-state index contributed by atoms with van der Waals surface area (Å²) in [5.74, 6) is -6.04. The van der Waals surface area contributed by atoms with E-state index in [-0.39, 0.29) is 51.3 Å². The smallest absolute Gasteiger partial charge is 0.255 e. The van der Waals surface area contributed by atoms with E-state index in [1.54, 1.807) is 0 Å². The lowest BCUT2D eigenvalue weighted by atomic mass is 9.72. The van der Waals surface area contributed by atoms with E-state index in [4.69, 9.17) is 11.6 Å². The van der Waals surface area contributed by atoms with Crippen molar-refractivity contribution in [2.45, 2.75) is 36.2 Å². The molecule has 0 saturated heterocycles. The van der Waals surface area contributed by atoms with Gasteiger partial charge in [-0.3, -0.25) is 4.79 Å². The number of aliphatic hydroxyl groups is 2. The van der Waals surface area contributed by atoms with Crippen LogP contribution in [0.25, 0.3) is 0 Å². The van der Waals surface area contributed by atoms with Gasteiger partial charge in [0.1, 0.15) is 0 Å². The number of sulfone groups is 1. The molecule has 2 aliphatic rings. The molecule has 6 nitrogen and oxygen atoms in total. The number of nitrogens with one attached hydrogen (secondary N) is 1. The van der Waals surface area contributed by atoms with Crippen molar-refractivity contribution >= 4 is 33.0 Å². The first-order chi connectivity index (χ1) is 15.9. The third-order valence-corrected chi connectivity index (χ3v) is 9.15. The number of hydrogen-bond donors (Lipinski definition) is 3. The Labute approximate surface area is 199 Å². The van der Waals surface area contributed by atoms with Crippen LogP contribution in [-0.4, -0.2) is 42.5 Å². The van der Waals surface area contributed by atoms with Crippen LogP contribution in [0.1, 0.15) is 36.0 Å². The summed E-state index contributed by atoms with van der Waals surface area (Å²) in [6.45, 7) is -0.371. The Morgan fingerprint density at radius 2 is 1.68 bits per heavy atom. The van der Waals surface area contributed by atoms with Crippen molar-refractivity contribution in [3.05, 3.63) is 58.4 Å². The van der Waals surface area contributed by atoms with Gasteiger partial charge in [0.25, 0.3) is 5.91 Å². The molecule has 0 aliphatic heterocycles. The van der Waals surface area contributed by atoms with Crippen LogP contribution in [0, 0.1) is 35.2 Å². The summed E-state index contributed by atoms with van der Waals surface area (Å²) >= 11 is 6.15. The molecule has 2 unspecified atom stereocenters. The Morgan fingerprint density at radius 3 is 2.24 bits per heavy atom. The van der Waals surface area contributed by atoms with Crippen molar-refractivity contribution in [3.63, 3.8) is 0 Å². The molecule has 2 atom stereocenters. The van der Waals surface area contributed by atoms with Gasteiger partial charge in [0, 0.05) is 23.4 Å². The first-order valence-electron chi connectivity index (χ1n) is 10.7. The molecule has 11 heteroatoms. The monoisotopic (exact) mass is 517 g/mol. The van der Waals surface area contributed by atoms with Gasteiger partial charge in [0.05, 0.1) is 27.9 Å². The lowest BCUT2D eigenvalue weighted by Gasteiger charge is -2.40. The highest BCUT2D eigenvalue weighted by Gasteiger charge is 2.49. The van der Waals surface area contributed by atoms with E-state index in [1.807, 2.05) is 0 Å². The predicted octanol–water partition coefficient (Wildman–Crippen LogP) is 3.94. The first-order valence-corrected chi connectivity index (χ1v) is 12.8. The third-order valence-electron chi connectivity index (χ3n) is 6.88. The minimum absolute atomic E-state index is 0.0563. The molecule has 0 spiro atoms. The number of halogens is 4. The maximum absolute atomic E-state index is 13.4. The van der Waals surface area contributed by atoms with Crippen LogP contribution in [0.15, 0.2) is 35.2 Å². The Morgan fingerprint density at radius 1 is 1.09 bits per heavy atom. The van der Waals surface area contributed by atoms with E-state index in [2.05, 4.69) is 5.32 Å². The molecule has 4 rings (SSSR count). The summed E-state index contributed by atoms with van der Waals surface area (Å²) in [5, 5.41) is 22.1. The van der Waals surface area contributed by atoms with Crippen molar-refractivity contribution in [2.75, 3.05) is 17.7 Å². The SMILES string of the molecule is O=C(Nc1cc(F)c(F)c(F)c1)c1ccc(Cl)c(S(=O)(=O)C[C@H]2C3CCC2C[C@](O)(CO)C3)c1. The van der Waals surface area contributed by atoms with Crippen LogP contribution >= 0.6 is 11.6 Å². The van der Waals surface area contributed by atoms with Gasteiger partial charge < -0.3 is 15.5 Å². The van der Waals surface area contributed by atoms with Crippen LogP contribution in [0.4, 0.5) is 18.9 Å². The quantitative estimate of drug-likeness (QED) is 0.504. The van der Waals surface area contributed by atoms with Crippen LogP contribution in [0.2, 0.25) is 5.02 Å². The highest BCUT2D eigenvalue weighted by molar-refractivity contribution is 7.91. The molecule has 2 bridgehead atoms. The topological polar surface area (TPSA) is 104 Å². The highest BCUT2D eigenvalue weighted by Crippen LogP contribution is 2.51. The molecule has 2 saturated carbocycles. The van der Waals surface area contributed by atoms with E-state index in [0.717, 1.165) is 18.9 Å². The fourth-order valence-electron chi connectivity index (χ4n) is 5.27. The molecule has 2 aliphatic carbocycles. The number of anilines is 1. The molecular weight excluding hydrogens is 495 g/mol. The Balaban J connectivity index is 1.55. The second kappa shape index (κ2) is 9.14. The van der Waals surface area contributed by atoms with Gasteiger partial charge >= 0.3 is 0 Å². The van der Waals surface area contributed by atoms with Crippen molar-refractivity contribution in [1.82, 2.24) is 0 Å². The highest BCUT2D eigenvalue weighted by atomic mass is 35.5. The van der Waals surface area contributed by atoms with E-state index in [9.17, 15) is 36.6 Å². The van der Waals surface area contributed by atoms with Gasteiger partial charge in [-0.25, -0.2) is 21.6 Å². The van der Waals surface area contributed by atoms with Gasteiger partial charge in [-0.05, 0) is 61.6 Å². The zero-order valence-electron chi connectivity index (χ0n) is 17.9. The largest absolute Gasteiger partial charge is 0.393 e. The second-order valence-electron chi connectivity index (χ2n) is 9.19. The minimum Gasteiger partial charge on any atom is -0.393 e. The number of benzene rings is 2. The van der Waals surface area contributed by atoms with Gasteiger partial charge in [0.15, 0.2) is 27.3 Å². The zero-order chi connectivity index (χ0) is 24.8.